The van der Waals surface area contributed by atoms with Crippen molar-refractivity contribution >= 4 is 23.7 Å². The van der Waals surface area contributed by atoms with Crippen LogP contribution in [0.4, 0.5) is 8.78 Å². The van der Waals surface area contributed by atoms with Crippen molar-refractivity contribution in [2.24, 2.45) is 0 Å². The third-order valence-electron chi connectivity index (χ3n) is 1.82. The third kappa shape index (κ3) is 2.76. The molecule has 1 aromatic carbocycles. The highest BCUT2D eigenvalue weighted by Crippen LogP contribution is 2.27. The topological polar surface area (TPSA) is 43.4 Å². The molecule has 0 unspecified atom stereocenters. The number of alkyl halides is 2. The highest BCUT2D eigenvalue weighted by atomic mass is 35.5. The van der Waals surface area contributed by atoms with Crippen LogP contribution in [0.5, 0.6) is 5.75 Å². The van der Waals surface area contributed by atoms with Crippen molar-refractivity contribution in [3.63, 3.8) is 0 Å². The van der Waals surface area contributed by atoms with Crippen molar-refractivity contribution in [1.82, 2.24) is 0 Å². The van der Waals surface area contributed by atoms with Gasteiger partial charge in [-0.15, -0.1) is 0 Å². The van der Waals surface area contributed by atoms with Gasteiger partial charge in [-0.1, -0.05) is 11.6 Å². The van der Waals surface area contributed by atoms with Crippen LogP contribution in [0.1, 0.15) is 27.6 Å². The first-order chi connectivity index (χ1) is 7.45. The Kier molecular flexibility index (Phi) is 3.95. The first-order valence-electron chi connectivity index (χ1n) is 4.20. The molecule has 0 atom stereocenters. The molecule has 0 N–H and O–H groups in total. The van der Waals surface area contributed by atoms with Crippen LogP contribution >= 0.6 is 11.6 Å². The van der Waals surface area contributed by atoms with E-state index in [0.717, 1.165) is 12.1 Å². The van der Waals surface area contributed by atoms with Gasteiger partial charge in [-0.3, -0.25) is 9.59 Å². The second-order valence-electron chi connectivity index (χ2n) is 2.92. The van der Waals surface area contributed by atoms with Crippen LogP contribution in [0, 0.1) is 0 Å². The maximum absolute atomic E-state index is 12.0. The van der Waals surface area contributed by atoms with E-state index in [1.165, 1.54) is 6.92 Å². The Morgan fingerprint density at radius 1 is 1.50 bits per heavy atom. The molecule has 0 aliphatic heterocycles. The number of hydrogen-bond donors (Lipinski definition) is 0. The predicted molar refractivity (Wildman–Crippen MR) is 53.5 cm³/mol. The van der Waals surface area contributed by atoms with E-state index in [1.54, 1.807) is 0 Å². The highest BCUT2D eigenvalue weighted by Gasteiger charge is 2.16. The summed E-state index contributed by atoms with van der Waals surface area (Å²) in [6, 6.07) is 2.14. The van der Waals surface area contributed by atoms with E-state index in [-0.39, 0.29) is 21.9 Å². The summed E-state index contributed by atoms with van der Waals surface area (Å²) in [5.74, 6) is -0.830. The summed E-state index contributed by atoms with van der Waals surface area (Å²) in [4.78, 5) is 21.7. The van der Waals surface area contributed by atoms with Gasteiger partial charge in [0.1, 0.15) is 5.75 Å². The first-order valence-corrected chi connectivity index (χ1v) is 4.58. The van der Waals surface area contributed by atoms with Gasteiger partial charge in [-0.2, -0.15) is 8.78 Å². The fraction of sp³-hybridized carbons (Fsp3) is 0.200. The van der Waals surface area contributed by atoms with Crippen molar-refractivity contribution in [3.05, 3.63) is 28.3 Å². The lowest BCUT2D eigenvalue weighted by atomic mass is 10.1. The monoisotopic (exact) mass is 248 g/mol. The van der Waals surface area contributed by atoms with E-state index in [4.69, 9.17) is 11.6 Å². The van der Waals surface area contributed by atoms with Crippen LogP contribution < -0.4 is 4.74 Å². The molecule has 0 heterocycles. The third-order valence-corrected chi connectivity index (χ3v) is 2.15. The minimum Gasteiger partial charge on any atom is -0.434 e. The first kappa shape index (κ1) is 12.6. The van der Waals surface area contributed by atoms with Crippen molar-refractivity contribution < 1.29 is 23.1 Å². The summed E-state index contributed by atoms with van der Waals surface area (Å²) in [6.45, 7) is -1.89. The summed E-state index contributed by atoms with van der Waals surface area (Å²) >= 11 is 5.66. The van der Waals surface area contributed by atoms with E-state index in [2.05, 4.69) is 4.74 Å². The van der Waals surface area contributed by atoms with Crippen molar-refractivity contribution in [2.75, 3.05) is 0 Å². The summed E-state index contributed by atoms with van der Waals surface area (Å²) < 4.78 is 28.2. The molecule has 86 valence electrons. The molecule has 0 amide bonds. The molecule has 0 fully saturated rings. The summed E-state index contributed by atoms with van der Waals surface area (Å²) in [5.41, 5.74) is -0.0989. The maximum Gasteiger partial charge on any atom is 0.387 e. The lowest BCUT2D eigenvalue weighted by molar-refractivity contribution is -0.0501. The molecular formula is C10H7ClF2O3. The number of Topliss-reactive ketones (excluding diaryl/α,β-unsaturated/α-hetero) is 1. The Labute approximate surface area is 95.0 Å². The molecule has 3 nitrogen and oxygen atoms in total. The Hall–Kier alpha value is -1.49. The van der Waals surface area contributed by atoms with Crippen LogP contribution in [-0.2, 0) is 0 Å². The molecule has 6 heteroatoms. The van der Waals surface area contributed by atoms with Gasteiger partial charge in [0.25, 0.3) is 0 Å². The van der Waals surface area contributed by atoms with Crippen molar-refractivity contribution in [3.8, 4) is 5.75 Å². The van der Waals surface area contributed by atoms with E-state index < -0.39 is 12.4 Å². The molecule has 16 heavy (non-hydrogen) atoms. The SMILES string of the molecule is CC(=O)c1cc(Cl)c(C=O)cc1OC(F)F. The molecule has 0 saturated carbocycles. The Morgan fingerprint density at radius 2 is 2.12 bits per heavy atom. The maximum atomic E-state index is 12.0. The van der Waals surface area contributed by atoms with Gasteiger partial charge in [0.05, 0.1) is 10.6 Å². The number of aldehydes is 1. The fourth-order valence-electron chi connectivity index (χ4n) is 1.13. The number of ketones is 1. The summed E-state index contributed by atoms with van der Waals surface area (Å²) in [5, 5.41) is 0.0156. The molecule has 0 aromatic heterocycles. The number of carbonyl (C=O) groups is 2. The molecule has 1 aromatic rings. The molecule has 0 spiro atoms. The second kappa shape index (κ2) is 5.03. The van der Waals surface area contributed by atoms with Crippen LogP contribution in [0.15, 0.2) is 12.1 Å². The van der Waals surface area contributed by atoms with Crippen molar-refractivity contribution in [1.29, 1.82) is 0 Å². The van der Waals surface area contributed by atoms with Gasteiger partial charge in [0.15, 0.2) is 12.1 Å². The van der Waals surface area contributed by atoms with Crippen LogP contribution in [-0.4, -0.2) is 18.7 Å². The summed E-state index contributed by atoms with van der Waals surface area (Å²) in [6.07, 6.45) is 0.393. The Morgan fingerprint density at radius 3 is 2.56 bits per heavy atom. The van der Waals surface area contributed by atoms with Crippen molar-refractivity contribution in [2.45, 2.75) is 13.5 Å². The van der Waals surface area contributed by atoms with E-state index >= 15 is 0 Å². The molecule has 0 saturated heterocycles. The lowest BCUT2D eigenvalue weighted by Gasteiger charge is -2.10. The Bertz CT molecular complexity index is 432. The van der Waals surface area contributed by atoms with Crippen LogP contribution in [0.2, 0.25) is 5.02 Å². The van der Waals surface area contributed by atoms with E-state index in [1.807, 2.05) is 0 Å². The molecule has 0 aliphatic rings. The largest absolute Gasteiger partial charge is 0.434 e. The predicted octanol–water partition coefficient (Wildman–Crippen LogP) is 2.96. The quantitative estimate of drug-likeness (QED) is 0.608. The lowest BCUT2D eigenvalue weighted by Crippen LogP contribution is -2.07. The Balaban J connectivity index is 3.30. The zero-order chi connectivity index (χ0) is 12.3. The summed E-state index contributed by atoms with van der Waals surface area (Å²) in [7, 11) is 0. The van der Waals surface area contributed by atoms with E-state index in [0.29, 0.717) is 6.29 Å². The number of carbonyl (C=O) groups excluding carboxylic acids is 2. The number of benzene rings is 1. The highest BCUT2D eigenvalue weighted by molar-refractivity contribution is 6.33. The van der Waals surface area contributed by atoms with Crippen LogP contribution in [0.3, 0.4) is 0 Å². The van der Waals surface area contributed by atoms with Gasteiger partial charge < -0.3 is 4.74 Å². The van der Waals surface area contributed by atoms with Crippen LogP contribution in [0.25, 0.3) is 0 Å². The fourth-order valence-corrected chi connectivity index (χ4v) is 1.34. The zero-order valence-electron chi connectivity index (χ0n) is 8.17. The average Bonchev–Trinajstić information content (AvgIpc) is 2.19. The molecule has 0 bridgehead atoms. The molecule has 1 rings (SSSR count). The minimum atomic E-state index is -3.07. The van der Waals surface area contributed by atoms with Gasteiger partial charge >= 0.3 is 6.61 Å². The van der Waals surface area contributed by atoms with Gasteiger partial charge in [-0.05, 0) is 19.1 Å². The standard InChI is InChI=1S/C10H7ClF2O3/c1-5(15)7-3-8(11)6(4-14)2-9(7)16-10(12)13/h2-4,10H,1H3. The molecule has 0 radical (unpaired) electrons. The van der Waals surface area contributed by atoms with Gasteiger partial charge in [0.2, 0.25) is 0 Å². The number of ether oxygens (including phenoxy) is 1. The number of hydrogen-bond acceptors (Lipinski definition) is 3. The average molecular weight is 249 g/mol. The minimum absolute atomic E-state index is 0.0117. The second-order valence-corrected chi connectivity index (χ2v) is 3.33. The smallest absolute Gasteiger partial charge is 0.387 e. The van der Waals surface area contributed by atoms with E-state index in [9.17, 15) is 18.4 Å². The van der Waals surface area contributed by atoms with Gasteiger partial charge in [-0.25, -0.2) is 0 Å². The zero-order valence-corrected chi connectivity index (χ0v) is 8.92. The number of halogens is 3. The molecular weight excluding hydrogens is 242 g/mol. The normalized spacial score (nSPS) is 10.3. The molecule has 0 aliphatic carbocycles. The van der Waals surface area contributed by atoms with Gasteiger partial charge in [0, 0.05) is 5.56 Å². The number of rotatable bonds is 4.